The predicted octanol–water partition coefficient (Wildman–Crippen LogP) is 4.58. The highest BCUT2D eigenvalue weighted by Gasteiger charge is 2.37. The Bertz CT molecular complexity index is 1280. The Morgan fingerprint density at radius 3 is 2.67 bits per heavy atom. The van der Waals surface area contributed by atoms with Crippen LogP contribution in [0.3, 0.4) is 0 Å². The summed E-state index contributed by atoms with van der Waals surface area (Å²) in [5, 5.41) is 13.6. The molecule has 36 heavy (non-hydrogen) atoms. The maximum absolute atomic E-state index is 15.0. The van der Waals surface area contributed by atoms with Crippen molar-refractivity contribution in [2.75, 3.05) is 29.4 Å². The minimum absolute atomic E-state index is 0.0447. The van der Waals surface area contributed by atoms with Gasteiger partial charge in [0.05, 0.1) is 21.8 Å². The zero-order valence-electron chi connectivity index (χ0n) is 18.3. The van der Waals surface area contributed by atoms with E-state index in [2.05, 4.69) is 15.3 Å². The number of pyridine rings is 1. The average Bonchev–Trinajstić information content (AvgIpc) is 3.23. The molecule has 2 aromatic heterocycles. The lowest BCUT2D eigenvalue weighted by molar-refractivity contribution is -0.140. The SMILES string of the molecule is O=C(O)C1CCN(c2ncc(C(=O)N(c3nccs3)c3cccc(C(F)(F)F)c3F)cc2Cl)CCN1. The molecule has 1 aliphatic heterocycles. The van der Waals surface area contributed by atoms with Crippen molar-refractivity contribution in [2.24, 2.45) is 0 Å². The topological polar surface area (TPSA) is 98.7 Å². The highest BCUT2D eigenvalue weighted by molar-refractivity contribution is 7.14. The lowest BCUT2D eigenvalue weighted by Gasteiger charge is -2.24. The second kappa shape index (κ2) is 10.4. The molecule has 1 saturated heterocycles. The van der Waals surface area contributed by atoms with E-state index in [0.717, 1.165) is 28.4 Å². The predicted molar refractivity (Wildman–Crippen MR) is 125 cm³/mol. The third-order valence-electron chi connectivity index (χ3n) is 5.46. The number of amides is 1. The van der Waals surface area contributed by atoms with Crippen molar-refractivity contribution in [3.8, 4) is 0 Å². The fourth-order valence-corrected chi connectivity index (χ4v) is 4.68. The first-order chi connectivity index (χ1) is 17.1. The molecule has 0 aliphatic carbocycles. The first-order valence-corrected chi connectivity index (χ1v) is 11.8. The summed E-state index contributed by atoms with van der Waals surface area (Å²) in [4.78, 5) is 35.4. The van der Waals surface area contributed by atoms with E-state index in [1.54, 1.807) is 4.90 Å². The average molecular weight is 544 g/mol. The lowest BCUT2D eigenvalue weighted by atomic mass is 10.1. The van der Waals surface area contributed by atoms with Gasteiger partial charge in [-0.05, 0) is 24.6 Å². The standard InChI is InChI=1S/C22H18ClF4N5O3S/c23-14-10-12(11-30-18(14)31-7-4-15(20(34)35)28-5-8-31)19(33)32(21-29-6-9-36-21)16-3-1-2-13(17(16)24)22(25,26)27/h1-3,6,9-11,15,28H,4-5,7-8H2,(H,34,35). The van der Waals surface area contributed by atoms with Crippen LogP contribution in [0, 0.1) is 5.82 Å². The summed E-state index contributed by atoms with van der Waals surface area (Å²) in [5.74, 6) is -3.16. The van der Waals surface area contributed by atoms with Gasteiger partial charge >= 0.3 is 12.1 Å². The second-order valence-electron chi connectivity index (χ2n) is 7.74. The molecule has 1 amide bonds. The third-order valence-corrected chi connectivity index (χ3v) is 6.50. The van der Waals surface area contributed by atoms with Crippen molar-refractivity contribution in [3.05, 3.63) is 64.0 Å². The number of halogens is 5. The molecule has 1 atom stereocenters. The number of thiazole rings is 1. The Balaban J connectivity index is 1.68. The maximum atomic E-state index is 15.0. The van der Waals surface area contributed by atoms with Gasteiger partial charge in [0, 0.05) is 37.4 Å². The van der Waals surface area contributed by atoms with Crippen LogP contribution in [0.2, 0.25) is 5.02 Å². The van der Waals surface area contributed by atoms with Crippen LogP contribution < -0.4 is 15.1 Å². The number of nitrogens with one attached hydrogen (secondary N) is 1. The zero-order valence-corrected chi connectivity index (χ0v) is 19.9. The smallest absolute Gasteiger partial charge is 0.419 e. The van der Waals surface area contributed by atoms with Crippen molar-refractivity contribution in [2.45, 2.75) is 18.6 Å². The van der Waals surface area contributed by atoms with E-state index >= 15 is 0 Å². The highest BCUT2D eigenvalue weighted by atomic mass is 35.5. The number of rotatable bonds is 5. The second-order valence-corrected chi connectivity index (χ2v) is 9.02. The van der Waals surface area contributed by atoms with Crippen LogP contribution in [0.5, 0.6) is 0 Å². The first-order valence-electron chi connectivity index (χ1n) is 10.5. The van der Waals surface area contributed by atoms with Gasteiger partial charge in [0.15, 0.2) is 10.9 Å². The lowest BCUT2D eigenvalue weighted by Crippen LogP contribution is -2.36. The Kier molecular flexibility index (Phi) is 7.43. The minimum atomic E-state index is -4.97. The fraction of sp³-hybridized carbons (Fsp3) is 0.273. The number of carbonyl (C=O) groups excluding carboxylic acids is 1. The molecule has 4 rings (SSSR count). The van der Waals surface area contributed by atoms with Crippen LogP contribution in [-0.4, -0.2) is 52.6 Å². The molecule has 2 N–H and O–H groups in total. The van der Waals surface area contributed by atoms with Gasteiger partial charge in [-0.3, -0.25) is 9.59 Å². The summed E-state index contributed by atoms with van der Waals surface area (Å²) in [6, 6.07) is 3.20. The fourth-order valence-electron chi connectivity index (χ4n) is 3.74. The molecule has 0 bridgehead atoms. The third kappa shape index (κ3) is 5.27. The van der Waals surface area contributed by atoms with E-state index in [9.17, 15) is 32.3 Å². The summed E-state index contributed by atoms with van der Waals surface area (Å²) in [6.45, 7) is 1.11. The van der Waals surface area contributed by atoms with Crippen molar-refractivity contribution in [1.29, 1.82) is 0 Å². The van der Waals surface area contributed by atoms with Crippen molar-refractivity contribution in [1.82, 2.24) is 15.3 Å². The quantitative estimate of drug-likeness (QED) is 0.454. The van der Waals surface area contributed by atoms with Crippen LogP contribution in [0.25, 0.3) is 0 Å². The largest absolute Gasteiger partial charge is 0.480 e. The number of carboxylic acids is 1. The molecule has 8 nitrogen and oxygen atoms in total. The number of carboxylic acid groups (broad SMARTS) is 1. The summed E-state index contributed by atoms with van der Waals surface area (Å²) in [7, 11) is 0. The van der Waals surface area contributed by atoms with E-state index in [0.29, 0.717) is 37.9 Å². The molecule has 0 spiro atoms. The number of hydrogen-bond donors (Lipinski definition) is 2. The van der Waals surface area contributed by atoms with Crippen LogP contribution >= 0.6 is 22.9 Å². The van der Waals surface area contributed by atoms with Gasteiger partial charge in [0.1, 0.15) is 11.9 Å². The van der Waals surface area contributed by atoms with Crippen molar-refractivity contribution in [3.63, 3.8) is 0 Å². The van der Waals surface area contributed by atoms with Crippen molar-refractivity contribution < 1.29 is 32.3 Å². The van der Waals surface area contributed by atoms with E-state index in [1.807, 2.05) is 0 Å². The molecular formula is C22H18ClF4N5O3S. The van der Waals surface area contributed by atoms with E-state index in [1.165, 1.54) is 23.8 Å². The van der Waals surface area contributed by atoms with Crippen LogP contribution in [0.15, 0.2) is 42.0 Å². The molecule has 14 heteroatoms. The summed E-state index contributed by atoms with van der Waals surface area (Å²) in [5.41, 5.74) is -2.24. The number of carbonyl (C=O) groups is 2. The summed E-state index contributed by atoms with van der Waals surface area (Å²) >= 11 is 7.34. The molecule has 3 aromatic rings. The van der Waals surface area contributed by atoms with Crippen molar-refractivity contribution >= 4 is 51.5 Å². The van der Waals surface area contributed by atoms with Gasteiger partial charge in [0.2, 0.25) is 0 Å². The molecule has 1 aliphatic rings. The van der Waals surface area contributed by atoms with Crippen LogP contribution in [0.4, 0.5) is 34.2 Å². The van der Waals surface area contributed by atoms with Gasteiger partial charge in [-0.15, -0.1) is 11.3 Å². The van der Waals surface area contributed by atoms with Crippen LogP contribution in [-0.2, 0) is 11.0 Å². The number of aromatic nitrogens is 2. The maximum Gasteiger partial charge on any atom is 0.419 e. The Hall–Kier alpha value is -3.29. The molecule has 190 valence electrons. The number of anilines is 3. The van der Waals surface area contributed by atoms with Gasteiger partial charge < -0.3 is 15.3 Å². The number of nitrogens with zero attached hydrogens (tertiary/aromatic N) is 4. The Labute approximate surface area is 211 Å². The number of hydrogen-bond acceptors (Lipinski definition) is 7. The highest BCUT2D eigenvalue weighted by Crippen LogP contribution is 2.38. The van der Waals surface area contributed by atoms with E-state index in [4.69, 9.17) is 11.6 Å². The Morgan fingerprint density at radius 1 is 1.25 bits per heavy atom. The molecule has 1 unspecified atom stereocenters. The summed E-state index contributed by atoms with van der Waals surface area (Å²) < 4.78 is 54.9. The zero-order chi connectivity index (χ0) is 26.0. The molecule has 0 saturated carbocycles. The number of aliphatic carboxylic acids is 1. The van der Waals surface area contributed by atoms with Gasteiger partial charge in [-0.25, -0.2) is 19.3 Å². The van der Waals surface area contributed by atoms with Gasteiger partial charge in [-0.2, -0.15) is 13.2 Å². The first kappa shape index (κ1) is 25.8. The van der Waals surface area contributed by atoms with Gasteiger partial charge in [0.25, 0.3) is 5.91 Å². The Morgan fingerprint density at radius 2 is 2.03 bits per heavy atom. The monoisotopic (exact) mass is 543 g/mol. The molecule has 3 heterocycles. The molecule has 0 radical (unpaired) electrons. The summed E-state index contributed by atoms with van der Waals surface area (Å²) in [6.07, 6.45) is -2.16. The van der Waals surface area contributed by atoms with Crippen LogP contribution in [0.1, 0.15) is 22.3 Å². The molecule has 1 aromatic carbocycles. The van der Waals surface area contributed by atoms with E-state index < -0.39 is 41.2 Å². The normalized spacial score (nSPS) is 16.5. The minimum Gasteiger partial charge on any atom is -0.480 e. The number of benzene rings is 1. The van der Waals surface area contributed by atoms with E-state index in [-0.39, 0.29) is 15.7 Å². The van der Waals surface area contributed by atoms with Gasteiger partial charge in [-0.1, -0.05) is 17.7 Å². The molecule has 1 fully saturated rings. The number of alkyl halides is 3. The molecular weight excluding hydrogens is 526 g/mol.